The fourth-order valence-electron chi connectivity index (χ4n) is 2.22. The summed E-state index contributed by atoms with van der Waals surface area (Å²) in [4.78, 5) is 23.2. The number of nitrogens with one attached hydrogen (secondary N) is 2. The summed E-state index contributed by atoms with van der Waals surface area (Å²) in [5, 5.41) is 2.14. The molecule has 1 aliphatic heterocycles. The molecule has 9 heteroatoms. The van der Waals surface area contributed by atoms with Gasteiger partial charge < -0.3 is 5.43 Å². The molecular weight excluding hydrogens is 296 g/mol. The Morgan fingerprint density at radius 1 is 1.38 bits per heavy atom. The van der Waals surface area contributed by atoms with Crippen LogP contribution in [0.1, 0.15) is 13.3 Å². The van der Waals surface area contributed by atoms with Crippen molar-refractivity contribution >= 4 is 27.5 Å². The number of rotatable bonds is 4. The number of piperazine rings is 1. The number of benzene rings is 1. The molecule has 0 saturated carbocycles. The fourth-order valence-corrected chi connectivity index (χ4v) is 4.00. The Balaban J connectivity index is 2.51. The molecule has 1 saturated heterocycles. The summed E-state index contributed by atoms with van der Waals surface area (Å²) in [5.74, 6) is 4.06. The van der Waals surface area contributed by atoms with Gasteiger partial charge in [-0.25, -0.2) is 8.42 Å². The number of nitrogen functional groups attached to an aromatic ring is 1. The summed E-state index contributed by atoms with van der Waals surface area (Å²) in [5.41, 5.74) is 2.50. The van der Waals surface area contributed by atoms with E-state index in [1.165, 1.54) is 12.1 Å². The number of imide groups is 1. The maximum atomic E-state index is 12.7. The third-order valence-electron chi connectivity index (χ3n) is 3.23. The number of hydrogen-bond donors (Lipinski definition) is 3. The van der Waals surface area contributed by atoms with E-state index in [4.69, 9.17) is 5.84 Å². The van der Waals surface area contributed by atoms with Crippen LogP contribution < -0.4 is 16.6 Å². The molecule has 1 fully saturated rings. The zero-order chi connectivity index (χ0) is 15.6. The first-order valence-corrected chi connectivity index (χ1v) is 7.77. The second-order valence-corrected chi connectivity index (χ2v) is 6.39. The van der Waals surface area contributed by atoms with Gasteiger partial charge in [0, 0.05) is 0 Å². The van der Waals surface area contributed by atoms with E-state index in [0.717, 1.165) is 4.31 Å². The van der Waals surface area contributed by atoms with E-state index in [0.29, 0.717) is 0 Å². The number of nitrogens with two attached hydrogens (primary N) is 1. The van der Waals surface area contributed by atoms with E-state index in [2.05, 4.69) is 10.7 Å². The van der Waals surface area contributed by atoms with Crippen LogP contribution in [-0.2, 0) is 19.6 Å². The average molecular weight is 312 g/mol. The monoisotopic (exact) mass is 312 g/mol. The lowest BCUT2D eigenvalue weighted by Gasteiger charge is -2.32. The van der Waals surface area contributed by atoms with Crippen molar-refractivity contribution < 1.29 is 18.0 Å². The van der Waals surface area contributed by atoms with Crippen LogP contribution in [0.15, 0.2) is 29.2 Å². The Morgan fingerprint density at radius 2 is 2.05 bits per heavy atom. The Bertz CT molecular complexity index is 674. The fraction of sp³-hybridized carbons (Fsp3) is 0.333. The highest BCUT2D eigenvalue weighted by atomic mass is 32.2. The zero-order valence-corrected chi connectivity index (χ0v) is 12.2. The number of carbonyl (C=O) groups excluding carboxylic acids is 2. The van der Waals surface area contributed by atoms with Gasteiger partial charge in [0.25, 0.3) is 0 Å². The highest BCUT2D eigenvalue weighted by Gasteiger charge is 2.41. The third-order valence-corrected chi connectivity index (χ3v) is 5.14. The number of nitrogens with zero attached hydrogens (tertiary/aromatic N) is 1. The molecule has 1 unspecified atom stereocenters. The Labute approximate surface area is 122 Å². The molecule has 8 nitrogen and oxygen atoms in total. The minimum Gasteiger partial charge on any atom is -0.323 e. The van der Waals surface area contributed by atoms with Crippen molar-refractivity contribution in [3.8, 4) is 0 Å². The number of carbonyl (C=O) groups is 2. The molecule has 1 heterocycles. The van der Waals surface area contributed by atoms with Crippen LogP contribution >= 0.6 is 0 Å². The molecule has 0 bridgehead atoms. The van der Waals surface area contributed by atoms with Crippen molar-refractivity contribution in [2.75, 3.05) is 12.0 Å². The maximum Gasteiger partial charge on any atom is 0.246 e. The van der Waals surface area contributed by atoms with Crippen molar-refractivity contribution in [2.45, 2.75) is 24.3 Å². The molecule has 1 aromatic rings. The van der Waals surface area contributed by atoms with Crippen molar-refractivity contribution in [1.82, 2.24) is 9.62 Å². The first-order chi connectivity index (χ1) is 9.91. The number of hydrogen-bond acceptors (Lipinski definition) is 6. The minimum absolute atomic E-state index is 0.0755. The van der Waals surface area contributed by atoms with Gasteiger partial charge >= 0.3 is 0 Å². The van der Waals surface area contributed by atoms with Crippen LogP contribution in [-0.4, -0.2) is 37.1 Å². The lowest BCUT2D eigenvalue weighted by molar-refractivity contribution is -0.137. The molecule has 0 aromatic heterocycles. The number of amides is 2. The van der Waals surface area contributed by atoms with Crippen molar-refractivity contribution in [1.29, 1.82) is 0 Å². The zero-order valence-electron chi connectivity index (χ0n) is 11.4. The normalized spacial score (nSPS) is 20.2. The number of sulfonamides is 1. The SMILES string of the molecule is CCC1C(=O)NC(=O)CN1S(=O)(=O)c1ccccc1NN. The number of anilines is 1. The van der Waals surface area contributed by atoms with Crippen molar-refractivity contribution in [3.63, 3.8) is 0 Å². The Morgan fingerprint density at radius 3 is 2.67 bits per heavy atom. The van der Waals surface area contributed by atoms with Crippen molar-refractivity contribution in [3.05, 3.63) is 24.3 Å². The number of hydrazine groups is 1. The van der Waals surface area contributed by atoms with E-state index in [1.807, 2.05) is 0 Å². The van der Waals surface area contributed by atoms with Crippen molar-refractivity contribution in [2.24, 2.45) is 5.84 Å². The minimum atomic E-state index is -4.02. The van der Waals surface area contributed by atoms with Crippen LogP contribution in [0.5, 0.6) is 0 Å². The van der Waals surface area contributed by atoms with Crippen LogP contribution in [0.25, 0.3) is 0 Å². The molecule has 4 N–H and O–H groups in total. The first-order valence-electron chi connectivity index (χ1n) is 6.33. The van der Waals surface area contributed by atoms with E-state index in [1.54, 1.807) is 19.1 Å². The lowest BCUT2D eigenvalue weighted by atomic mass is 10.2. The molecule has 1 aliphatic rings. The first kappa shape index (κ1) is 15.4. The van der Waals surface area contributed by atoms with E-state index < -0.39 is 34.4 Å². The standard InChI is InChI=1S/C12H16N4O4S/c1-2-9-12(18)14-11(17)7-16(9)21(19,20)10-6-4-3-5-8(10)15-13/h3-6,9,15H,2,7,13H2,1H3,(H,14,17,18). The van der Waals surface area contributed by atoms with Crippen LogP contribution in [0.4, 0.5) is 5.69 Å². The molecule has 1 aromatic carbocycles. The Kier molecular flexibility index (Phi) is 4.26. The predicted molar refractivity (Wildman–Crippen MR) is 75.4 cm³/mol. The third kappa shape index (κ3) is 2.75. The summed E-state index contributed by atoms with van der Waals surface area (Å²) in [6, 6.07) is 5.12. The van der Waals surface area contributed by atoms with Crippen LogP contribution in [0, 0.1) is 0 Å². The van der Waals surface area contributed by atoms with Gasteiger partial charge in [0.05, 0.1) is 12.2 Å². The Hall–Kier alpha value is -1.97. The van der Waals surface area contributed by atoms with Gasteiger partial charge in [0.15, 0.2) is 0 Å². The molecule has 1 atom stereocenters. The molecule has 0 aliphatic carbocycles. The smallest absolute Gasteiger partial charge is 0.246 e. The summed E-state index contributed by atoms with van der Waals surface area (Å²) in [6.07, 6.45) is 0.260. The summed E-state index contributed by atoms with van der Waals surface area (Å²) < 4.78 is 26.4. The molecule has 2 amide bonds. The number of para-hydroxylation sites is 1. The summed E-state index contributed by atoms with van der Waals surface area (Å²) >= 11 is 0. The van der Waals surface area contributed by atoms with Gasteiger partial charge in [0.2, 0.25) is 21.8 Å². The highest BCUT2D eigenvalue weighted by Crippen LogP contribution is 2.26. The molecular formula is C12H16N4O4S. The maximum absolute atomic E-state index is 12.7. The van der Waals surface area contributed by atoms with E-state index in [9.17, 15) is 18.0 Å². The van der Waals surface area contributed by atoms with Gasteiger partial charge in [-0.2, -0.15) is 4.31 Å². The average Bonchev–Trinajstić information content (AvgIpc) is 2.46. The van der Waals surface area contributed by atoms with E-state index in [-0.39, 0.29) is 17.0 Å². The molecule has 0 radical (unpaired) electrons. The highest BCUT2D eigenvalue weighted by molar-refractivity contribution is 7.89. The predicted octanol–water partition coefficient (Wildman–Crippen LogP) is -0.602. The van der Waals surface area contributed by atoms with Gasteiger partial charge in [-0.05, 0) is 18.6 Å². The largest absolute Gasteiger partial charge is 0.323 e. The molecule has 0 spiro atoms. The molecule has 2 rings (SSSR count). The summed E-state index contributed by atoms with van der Waals surface area (Å²) in [6.45, 7) is 1.28. The van der Waals surface area contributed by atoms with E-state index >= 15 is 0 Å². The topological polar surface area (TPSA) is 122 Å². The van der Waals surface area contributed by atoms with Crippen LogP contribution in [0.2, 0.25) is 0 Å². The lowest BCUT2D eigenvalue weighted by Crippen LogP contribution is -2.59. The van der Waals surface area contributed by atoms with Gasteiger partial charge in [-0.1, -0.05) is 19.1 Å². The second-order valence-electron chi connectivity index (χ2n) is 4.53. The van der Waals surface area contributed by atoms with Gasteiger partial charge in [-0.15, -0.1) is 0 Å². The quantitative estimate of drug-likeness (QED) is 0.388. The van der Waals surface area contributed by atoms with Gasteiger partial charge in [0.1, 0.15) is 10.9 Å². The van der Waals surface area contributed by atoms with Gasteiger partial charge in [-0.3, -0.25) is 20.7 Å². The van der Waals surface area contributed by atoms with Crippen LogP contribution in [0.3, 0.4) is 0 Å². The second kappa shape index (κ2) is 5.80. The summed E-state index contributed by atoms with van der Waals surface area (Å²) in [7, 11) is -4.02. The molecule has 114 valence electrons. The molecule has 21 heavy (non-hydrogen) atoms.